The molecule has 0 aliphatic carbocycles. The number of nitrogens with one attached hydrogen (secondary N) is 2. The Hall–Kier alpha value is -2.90. The molecule has 0 fully saturated rings. The number of benzene rings is 2. The zero-order chi connectivity index (χ0) is 16.1. The van der Waals surface area contributed by atoms with Gasteiger partial charge in [-0.3, -0.25) is 20.4 Å². The van der Waals surface area contributed by atoms with Gasteiger partial charge in [-0.2, -0.15) is 0 Å². The van der Waals surface area contributed by atoms with E-state index in [0.29, 0.717) is 16.9 Å². The molecule has 0 saturated heterocycles. The molecule has 0 aliphatic heterocycles. The summed E-state index contributed by atoms with van der Waals surface area (Å²) in [5, 5.41) is 0. The van der Waals surface area contributed by atoms with E-state index in [0.717, 1.165) is 11.1 Å². The maximum Gasteiger partial charge on any atom is 0.265 e. The predicted molar refractivity (Wildman–Crippen MR) is 81.7 cm³/mol. The van der Waals surface area contributed by atoms with Crippen molar-refractivity contribution in [1.29, 1.82) is 0 Å². The highest BCUT2D eigenvalue weighted by molar-refractivity contribution is 5.96. The van der Waals surface area contributed by atoms with Gasteiger partial charge in [0, 0.05) is 16.7 Å². The third kappa shape index (κ3) is 3.05. The highest BCUT2D eigenvalue weighted by atomic mass is 16.5. The molecule has 0 bridgehead atoms. The fraction of sp³-hybridized carbons (Fsp3) is 0.0667. The molecule has 6 N–H and O–H groups in total. The predicted octanol–water partition coefficient (Wildman–Crippen LogP) is 0.569. The van der Waals surface area contributed by atoms with E-state index in [1.165, 1.54) is 7.11 Å². The van der Waals surface area contributed by atoms with Gasteiger partial charge in [0.1, 0.15) is 5.75 Å². The lowest BCUT2D eigenvalue weighted by Crippen LogP contribution is -2.30. The Morgan fingerprint density at radius 2 is 1.45 bits per heavy atom. The van der Waals surface area contributed by atoms with E-state index in [2.05, 4.69) is 10.9 Å². The highest BCUT2D eigenvalue weighted by Crippen LogP contribution is 2.31. The van der Waals surface area contributed by atoms with Crippen molar-refractivity contribution in [3.63, 3.8) is 0 Å². The van der Waals surface area contributed by atoms with Crippen LogP contribution >= 0.6 is 0 Å². The minimum atomic E-state index is -0.403. The van der Waals surface area contributed by atoms with Crippen LogP contribution in [-0.4, -0.2) is 18.9 Å². The van der Waals surface area contributed by atoms with Gasteiger partial charge in [-0.1, -0.05) is 12.1 Å². The molecule has 2 aromatic carbocycles. The van der Waals surface area contributed by atoms with E-state index in [9.17, 15) is 9.59 Å². The van der Waals surface area contributed by atoms with Crippen molar-refractivity contribution in [2.45, 2.75) is 0 Å². The Morgan fingerprint density at radius 3 is 2.00 bits per heavy atom. The average molecular weight is 300 g/mol. The van der Waals surface area contributed by atoms with Crippen molar-refractivity contribution < 1.29 is 14.3 Å². The molecular weight excluding hydrogens is 284 g/mol. The number of rotatable bonds is 4. The molecule has 0 aromatic heterocycles. The standard InChI is InChI=1S/C15H16N4O3/c1-22-13-8-11(15(21)19-17)6-7-12(13)9-2-4-10(5-3-9)14(20)18-16/h2-8H,16-17H2,1H3,(H,18,20)(H,19,21). The summed E-state index contributed by atoms with van der Waals surface area (Å²) >= 11 is 0. The number of hydrogen-bond acceptors (Lipinski definition) is 5. The topological polar surface area (TPSA) is 119 Å². The smallest absolute Gasteiger partial charge is 0.265 e. The molecular formula is C15H16N4O3. The molecule has 0 saturated carbocycles. The van der Waals surface area contributed by atoms with Crippen LogP contribution in [0.2, 0.25) is 0 Å². The first-order valence-electron chi connectivity index (χ1n) is 6.41. The van der Waals surface area contributed by atoms with Gasteiger partial charge in [0.05, 0.1) is 7.11 Å². The van der Waals surface area contributed by atoms with Crippen LogP contribution in [-0.2, 0) is 0 Å². The van der Waals surface area contributed by atoms with Crippen LogP contribution in [0.25, 0.3) is 11.1 Å². The molecule has 0 aliphatic rings. The van der Waals surface area contributed by atoms with Crippen LogP contribution in [0.3, 0.4) is 0 Å². The molecule has 7 heteroatoms. The molecule has 2 aromatic rings. The Morgan fingerprint density at radius 1 is 0.909 bits per heavy atom. The molecule has 2 rings (SSSR count). The summed E-state index contributed by atoms with van der Waals surface area (Å²) in [6.45, 7) is 0. The van der Waals surface area contributed by atoms with Crippen molar-refractivity contribution in [3.05, 3.63) is 53.6 Å². The van der Waals surface area contributed by atoms with Gasteiger partial charge in [-0.05, 0) is 35.9 Å². The second-order valence-corrected chi connectivity index (χ2v) is 4.44. The van der Waals surface area contributed by atoms with E-state index in [-0.39, 0.29) is 5.91 Å². The van der Waals surface area contributed by atoms with Crippen LogP contribution in [0.1, 0.15) is 20.7 Å². The summed E-state index contributed by atoms with van der Waals surface area (Å²) in [7, 11) is 1.51. The molecule has 2 amide bonds. The second kappa shape index (κ2) is 6.70. The van der Waals surface area contributed by atoms with Gasteiger partial charge in [-0.15, -0.1) is 0 Å². The number of carbonyl (C=O) groups is 2. The van der Waals surface area contributed by atoms with Crippen LogP contribution in [0.5, 0.6) is 5.75 Å². The molecule has 0 heterocycles. The summed E-state index contributed by atoms with van der Waals surface area (Å²) in [6.07, 6.45) is 0. The number of amides is 2. The summed E-state index contributed by atoms with van der Waals surface area (Å²) in [5.41, 5.74) is 6.60. The number of hydrazine groups is 2. The zero-order valence-electron chi connectivity index (χ0n) is 11.9. The Labute approximate surface area is 127 Å². The van der Waals surface area contributed by atoms with E-state index in [1.54, 1.807) is 42.5 Å². The normalized spacial score (nSPS) is 9.95. The van der Waals surface area contributed by atoms with Gasteiger partial charge in [0.15, 0.2) is 0 Å². The van der Waals surface area contributed by atoms with E-state index < -0.39 is 5.91 Å². The summed E-state index contributed by atoms with van der Waals surface area (Å²) in [6, 6.07) is 11.8. The molecule has 0 atom stereocenters. The molecule has 0 spiro atoms. The number of ether oxygens (including phenoxy) is 1. The largest absolute Gasteiger partial charge is 0.496 e. The van der Waals surface area contributed by atoms with Gasteiger partial charge in [0.2, 0.25) is 0 Å². The van der Waals surface area contributed by atoms with Gasteiger partial charge in [-0.25, -0.2) is 11.7 Å². The first-order valence-corrected chi connectivity index (χ1v) is 6.41. The molecule has 7 nitrogen and oxygen atoms in total. The number of hydrogen-bond donors (Lipinski definition) is 4. The first-order chi connectivity index (χ1) is 10.6. The SMILES string of the molecule is COc1cc(C(=O)NN)ccc1-c1ccc(C(=O)NN)cc1. The molecule has 0 radical (unpaired) electrons. The minimum absolute atomic E-state index is 0.367. The monoisotopic (exact) mass is 300 g/mol. The van der Waals surface area contributed by atoms with Crippen molar-refractivity contribution in [2.75, 3.05) is 7.11 Å². The summed E-state index contributed by atoms with van der Waals surface area (Å²) in [5.74, 6) is 9.96. The number of methoxy groups -OCH3 is 1. The van der Waals surface area contributed by atoms with E-state index in [1.807, 2.05) is 0 Å². The maximum absolute atomic E-state index is 11.5. The van der Waals surface area contributed by atoms with Crippen LogP contribution in [0, 0.1) is 0 Å². The Balaban J connectivity index is 2.39. The van der Waals surface area contributed by atoms with Gasteiger partial charge < -0.3 is 4.74 Å². The zero-order valence-corrected chi connectivity index (χ0v) is 11.9. The van der Waals surface area contributed by atoms with Crippen LogP contribution in [0.4, 0.5) is 0 Å². The van der Waals surface area contributed by atoms with Crippen molar-refractivity contribution in [3.8, 4) is 16.9 Å². The quantitative estimate of drug-likeness (QED) is 0.374. The van der Waals surface area contributed by atoms with E-state index >= 15 is 0 Å². The van der Waals surface area contributed by atoms with Crippen molar-refractivity contribution in [1.82, 2.24) is 10.9 Å². The minimum Gasteiger partial charge on any atom is -0.496 e. The van der Waals surface area contributed by atoms with Crippen LogP contribution < -0.4 is 27.3 Å². The number of nitrogens with two attached hydrogens (primary N) is 2. The summed E-state index contributed by atoms with van der Waals surface area (Å²) in [4.78, 5) is 23.0. The molecule has 22 heavy (non-hydrogen) atoms. The first kappa shape index (κ1) is 15.5. The van der Waals surface area contributed by atoms with Gasteiger partial charge >= 0.3 is 0 Å². The van der Waals surface area contributed by atoms with Crippen molar-refractivity contribution >= 4 is 11.8 Å². The lowest BCUT2D eigenvalue weighted by molar-refractivity contribution is 0.0945. The number of carbonyl (C=O) groups excluding carboxylic acids is 2. The van der Waals surface area contributed by atoms with E-state index in [4.69, 9.17) is 16.4 Å². The molecule has 114 valence electrons. The highest BCUT2D eigenvalue weighted by Gasteiger charge is 2.11. The van der Waals surface area contributed by atoms with Crippen LogP contribution in [0.15, 0.2) is 42.5 Å². The molecule has 0 unspecified atom stereocenters. The fourth-order valence-electron chi connectivity index (χ4n) is 2.04. The Bertz CT molecular complexity index is 698. The van der Waals surface area contributed by atoms with Gasteiger partial charge in [0.25, 0.3) is 11.8 Å². The lowest BCUT2D eigenvalue weighted by atomic mass is 10.0. The second-order valence-electron chi connectivity index (χ2n) is 4.44. The third-order valence-electron chi connectivity index (χ3n) is 3.18. The average Bonchev–Trinajstić information content (AvgIpc) is 2.59. The Kier molecular flexibility index (Phi) is 4.72. The lowest BCUT2D eigenvalue weighted by Gasteiger charge is -2.11. The van der Waals surface area contributed by atoms with Crippen molar-refractivity contribution in [2.24, 2.45) is 11.7 Å². The summed E-state index contributed by atoms with van der Waals surface area (Å²) < 4.78 is 5.31. The third-order valence-corrected chi connectivity index (χ3v) is 3.18. The number of nitrogen functional groups attached to an aromatic ring is 2. The maximum atomic E-state index is 11.5. The fourth-order valence-corrected chi connectivity index (χ4v) is 2.04.